The number of nitrogens with zero attached hydrogens (tertiary/aromatic N) is 4. The summed E-state index contributed by atoms with van der Waals surface area (Å²) in [6.07, 6.45) is 3.55. The summed E-state index contributed by atoms with van der Waals surface area (Å²) in [5.74, 6) is -0.259. The van der Waals surface area contributed by atoms with E-state index in [4.69, 9.17) is 15.7 Å². The smallest absolute Gasteiger partial charge is 0.268 e. The van der Waals surface area contributed by atoms with E-state index in [0.29, 0.717) is 35.4 Å². The highest BCUT2D eigenvalue weighted by Crippen LogP contribution is 2.31. The third kappa shape index (κ3) is 3.66. The van der Waals surface area contributed by atoms with E-state index >= 15 is 0 Å². The van der Waals surface area contributed by atoms with Crippen LogP contribution in [0, 0.1) is 16.7 Å². The Bertz CT molecular complexity index is 1570. The van der Waals surface area contributed by atoms with E-state index in [1.165, 1.54) is 17.6 Å². The zero-order valence-electron chi connectivity index (χ0n) is 17.7. The summed E-state index contributed by atoms with van der Waals surface area (Å²) in [6, 6.07) is 15.4. The number of aryl methyl sites for hydroxylation is 1. The fourth-order valence-electron chi connectivity index (χ4n) is 4.00. The van der Waals surface area contributed by atoms with Gasteiger partial charge in [-0.3, -0.25) is 9.89 Å². The number of aromatic amines is 1. The average molecular weight is 454 g/mol. The maximum atomic E-state index is 13.1. The van der Waals surface area contributed by atoms with Gasteiger partial charge in [-0.05, 0) is 29.3 Å². The Labute approximate surface area is 193 Å². The first kappa shape index (κ1) is 20.6. The molecule has 0 unspecified atom stereocenters. The van der Waals surface area contributed by atoms with E-state index in [9.17, 15) is 4.79 Å². The molecule has 0 aliphatic rings. The predicted molar refractivity (Wildman–Crippen MR) is 128 cm³/mol. The topological polar surface area (TPSA) is 123 Å². The number of carbonyl (C=O) groups is 1. The molecule has 5 rings (SSSR count). The average Bonchev–Trinajstić information content (AvgIpc) is 3.53. The molecule has 1 amide bonds. The summed E-state index contributed by atoms with van der Waals surface area (Å²) in [5, 5.41) is 28.9. The van der Waals surface area contributed by atoms with Gasteiger partial charge in [-0.2, -0.15) is 10.4 Å². The maximum absolute atomic E-state index is 13.1. The van der Waals surface area contributed by atoms with Crippen LogP contribution in [0.15, 0.2) is 48.7 Å². The number of aromatic nitrogens is 4. The van der Waals surface area contributed by atoms with Crippen LogP contribution in [0.5, 0.6) is 0 Å². The molecule has 0 radical (unpaired) electrons. The number of thiazole rings is 1. The van der Waals surface area contributed by atoms with Crippen LogP contribution < -0.4 is 5.32 Å². The number of hydrogen-bond acceptors (Lipinski definition) is 6. The fraction of sp³-hybridized carbons (Fsp3) is 0.125. The number of fused-ring (bicyclic) bond motifs is 2. The van der Waals surface area contributed by atoms with Crippen LogP contribution in [0.2, 0.25) is 0 Å². The molecular weight excluding hydrogens is 434 g/mol. The van der Waals surface area contributed by atoms with Crippen molar-refractivity contribution in [3.63, 3.8) is 0 Å². The summed E-state index contributed by atoms with van der Waals surface area (Å²) < 4.78 is 2.55. The minimum atomic E-state index is -0.259. The standard InChI is InChI=1S/C24H19N7OS/c1-31-21(24(32)27-12-16-6-3-7-19-18(16)13-28-30-19)17(11-26)22-23(31)29-20(33-22)9-14-4-2-5-15(8-14)10-25/h2-8,11,13,26H,9,12H2,1H3,(H,27,32)(H,28,30). The molecule has 3 heterocycles. The molecule has 8 nitrogen and oxygen atoms in total. The van der Waals surface area contributed by atoms with Crippen molar-refractivity contribution in [1.82, 2.24) is 25.1 Å². The quantitative estimate of drug-likeness (QED) is 0.337. The van der Waals surface area contributed by atoms with Gasteiger partial charge in [0.2, 0.25) is 0 Å². The second-order valence-corrected chi connectivity index (χ2v) is 8.73. The van der Waals surface area contributed by atoms with E-state index in [-0.39, 0.29) is 5.91 Å². The first-order valence-electron chi connectivity index (χ1n) is 10.3. The summed E-state index contributed by atoms with van der Waals surface area (Å²) in [6.45, 7) is 0.347. The maximum Gasteiger partial charge on any atom is 0.268 e. The molecule has 0 aliphatic heterocycles. The number of H-pyrrole nitrogens is 1. The number of rotatable bonds is 6. The van der Waals surface area contributed by atoms with Crippen molar-refractivity contribution in [2.75, 3.05) is 0 Å². The molecule has 0 spiro atoms. The number of nitriles is 1. The van der Waals surface area contributed by atoms with Gasteiger partial charge in [0.25, 0.3) is 5.91 Å². The highest BCUT2D eigenvalue weighted by molar-refractivity contribution is 7.19. The monoisotopic (exact) mass is 453 g/mol. The molecule has 3 aromatic heterocycles. The summed E-state index contributed by atoms with van der Waals surface area (Å²) in [7, 11) is 1.79. The minimum Gasteiger partial charge on any atom is -0.347 e. The van der Waals surface area contributed by atoms with Gasteiger partial charge in [0.15, 0.2) is 5.65 Å². The Morgan fingerprint density at radius 2 is 2.18 bits per heavy atom. The summed E-state index contributed by atoms with van der Waals surface area (Å²) >= 11 is 1.47. The van der Waals surface area contributed by atoms with E-state index in [1.54, 1.807) is 23.9 Å². The zero-order valence-corrected chi connectivity index (χ0v) is 18.5. The molecule has 5 aromatic rings. The van der Waals surface area contributed by atoms with Gasteiger partial charge in [0, 0.05) is 37.2 Å². The van der Waals surface area contributed by atoms with Crippen molar-refractivity contribution >= 4 is 44.7 Å². The van der Waals surface area contributed by atoms with Crippen LogP contribution >= 0.6 is 11.3 Å². The van der Waals surface area contributed by atoms with Gasteiger partial charge in [-0.15, -0.1) is 11.3 Å². The molecule has 0 bridgehead atoms. The van der Waals surface area contributed by atoms with Crippen LogP contribution in [-0.2, 0) is 20.0 Å². The molecule has 3 N–H and O–H groups in total. The second-order valence-electron chi connectivity index (χ2n) is 7.65. The van der Waals surface area contributed by atoms with Gasteiger partial charge in [0.05, 0.1) is 28.0 Å². The van der Waals surface area contributed by atoms with Crippen molar-refractivity contribution < 1.29 is 4.79 Å². The Balaban J connectivity index is 1.42. The van der Waals surface area contributed by atoms with E-state index in [1.807, 2.05) is 36.4 Å². The third-order valence-electron chi connectivity index (χ3n) is 5.59. The number of carbonyl (C=O) groups excluding carboxylic acids is 1. The van der Waals surface area contributed by atoms with E-state index < -0.39 is 0 Å². The molecule has 0 atom stereocenters. The Morgan fingerprint density at radius 3 is 3.00 bits per heavy atom. The normalized spacial score (nSPS) is 11.0. The summed E-state index contributed by atoms with van der Waals surface area (Å²) in [5.41, 5.74) is 5.12. The van der Waals surface area contributed by atoms with Gasteiger partial charge in [0.1, 0.15) is 10.7 Å². The molecule has 162 valence electrons. The van der Waals surface area contributed by atoms with Crippen LogP contribution in [0.1, 0.15) is 37.7 Å². The lowest BCUT2D eigenvalue weighted by molar-refractivity contribution is 0.0943. The fourth-order valence-corrected chi connectivity index (χ4v) is 5.15. The zero-order chi connectivity index (χ0) is 22.9. The Hall–Kier alpha value is -4.29. The molecule has 0 aliphatic carbocycles. The van der Waals surface area contributed by atoms with Gasteiger partial charge >= 0.3 is 0 Å². The number of nitrogens with one attached hydrogen (secondary N) is 3. The van der Waals surface area contributed by atoms with E-state index in [2.05, 4.69) is 21.6 Å². The Morgan fingerprint density at radius 1 is 1.33 bits per heavy atom. The number of amides is 1. The highest BCUT2D eigenvalue weighted by atomic mass is 32.1. The van der Waals surface area contributed by atoms with Crippen molar-refractivity contribution in [2.24, 2.45) is 7.05 Å². The number of benzene rings is 2. The molecule has 0 saturated carbocycles. The van der Waals surface area contributed by atoms with Crippen molar-refractivity contribution in [2.45, 2.75) is 13.0 Å². The molecule has 9 heteroatoms. The van der Waals surface area contributed by atoms with Crippen LogP contribution in [-0.4, -0.2) is 31.9 Å². The lowest BCUT2D eigenvalue weighted by Crippen LogP contribution is -2.26. The SMILES string of the molecule is Cn1c(C(=O)NCc2cccc3[nH]ncc23)c(C=N)c2sc(Cc3cccc(C#N)c3)nc21. The minimum absolute atomic E-state index is 0.259. The molecule has 2 aromatic carbocycles. The highest BCUT2D eigenvalue weighted by Gasteiger charge is 2.23. The largest absolute Gasteiger partial charge is 0.347 e. The molecule has 0 saturated heterocycles. The molecular formula is C24H19N7OS. The molecule has 0 fully saturated rings. The lowest BCUT2D eigenvalue weighted by Gasteiger charge is -2.08. The predicted octanol–water partition coefficient (Wildman–Crippen LogP) is 3.90. The van der Waals surface area contributed by atoms with Gasteiger partial charge < -0.3 is 15.3 Å². The second kappa shape index (κ2) is 8.33. The van der Waals surface area contributed by atoms with E-state index in [0.717, 1.165) is 31.7 Å². The first-order chi connectivity index (χ1) is 16.1. The van der Waals surface area contributed by atoms with Crippen LogP contribution in [0.3, 0.4) is 0 Å². The van der Waals surface area contributed by atoms with Crippen LogP contribution in [0.4, 0.5) is 0 Å². The van der Waals surface area contributed by atoms with Crippen molar-refractivity contribution in [3.8, 4) is 6.07 Å². The first-order valence-corrected chi connectivity index (χ1v) is 11.1. The number of hydrogen-bond donors (Lipinski definition) is 3. The summed E-state index contributed by atoms with van der Waals surface area (Å²) in [4.78, 5) is 17.8. The Kier molecular flexibility index (Phi) is 5.20. The van der Waals surface area contributed by atoms with Crippen LogP contribution in [0.25, 0.3) is 21.3 Å². The van der Waals surface area contributed by atoms with Gasteiger partial charge in [-0.1, -0.05) is 24.3 Å². The van der Waals surface area contributed by atoms with Crippen molar-refractivity contribution in [1.29, 1.82) is 10.7 Å². The van der Waals surface area contributed by atoms with Gasteiger partial charge in [-0.25, -0.2) is 4.98 Å². The molecule has 33 heavy (non-hydrogen) atoms. The lowest BCUT2D eigenvalue weighted by atomic mass is 10.1. The third-order valence-corrected chi connectivity index (χ3v) is 6.67. The van der Waals surface area contributed by atoms with Crippen molar-refractivity contribution in [3.05, 3.63) is 81.6 Å².